The van der Waals surface area contributed by atoms with E-state index in [1.807, 2.05) is 18.3 Å². The molecule has 1 unspecified atom stereocenters. The monoisotopic (exact) mass is 182 g/mol. The van der Waals surface area contributed by atoms with Crippen LogP contribution in [0.1, 0.15) is 32.0 Å². The molecule has 0 aliphatic heterocycles. The highest BCUT2D eigenvalue weighted by atomic mass is 31.0. The second-order valence-electron chi connectivity index (χ2n) is 2.76. The Kier molecular flexibility index (Phi) is 4.02. The van der Waals surface area contributed by atoms with Gasteiger partial charge in [0.25, 0.3) is 0 Å². The van der Waals surface area contributed by atoms with Gasteiger partial charge >= 0.3 is 0 Å². The number of rotatable bonds is 4. The third kappa shape index (κ3) is 2.78. The summed E-state index contributed by atoms with van der Waals surface area (Å²) in [6, 6.07) is 0.497. The molecule has 0 aliphatic carbocycles. The molecule has 0 aliphatic rings. The van der Waals surface area contributed by atoms with Crippen molar-refractivity contribution in [3.63, 3.8) is 0 Å². The minimum absolute atomic E-state index is 0.497. The van der Waals surface area contributed by atoms with Crippen LogP contribution in [0.3, 0.4) is 0 Å². The van der Waals surface area contributed by atoms with Crippen LogP contribution >= 0.6 is 8.19 Å². The molecule has 0 N–H and O–H groups in total. The molecule has 1 aromatic rings. The number of aliphatic imine (C=N–C) groups is 1. The third-order valence-electron chi connectivity index (χ3n) is 1.89. The molecule has 0 fully saturated rings. The van der Waals surface area contributed by atoms with Crippen molar-refractivity contribution in [3.8, 4) is 0 Å². The van der Waals surface area contributed by atoms with Crippen LogP contribution in [0, 0.1) is 0 Å². The summed E-state index contributed by atoms with van der Waals surface area (Å²) in [6.45, 7) is 4.35. The first kappa shape index (κ1) is 9.47. The number of hydrogen-bond acceptors (Lipinski definition) is 2. The zero-order valence-corrected chi connectivity index (χ0v) is 8.62. The lowest BCUT2D eigenvalue weighted by atomic mass is 10.2. The molecule has 0 saturated heterocycles. The summed E-state index contributed by atoms with van der Waals surface area (Å²) < 4.78 is 0. The highest BCUT2D eigenvalue weighted by Crippen LogP contribution is 2.10. The third-order valence-corrected chi connectivity index (χ3v) is 2.76. The van der Waals surface area contributed by atoms with Crippen molar-refractivity contribution in [2.24, 2.45) is 4.99 Å². The molecule has 0 spiro atoms. The second kappa shape index (κ2) is 5.10. The quantitative estimate of drug-likeness (QED) is 0.657. The van der Waals surface area contributed by atoms with Crippen LogP contribution in [0.25, 0.3) is 0 Å². The van der Waals surface area contributed by atoms with Crippen LogP contribution in [0.5, 0.6) is 0 Å². The molecule has 3 heteroatoms. The van der Waals surface area contributed by atoms with Gasteiger partial charge in [-0.1, -0.05) is 13.8 Å². The summed E-state index contributed by atoms with van der Waals surface area (Å²) in [6.07, 6.45) is 6.13. The Hall–Kier alpha value is -0.620. The average molecular weight is 182 g/mol. The molecular weight excluding hydrogens is 167 g/mol. The Balaban J connectivity index is 2.49. The standard InChI is InChI=1S/C9H15N2P/c1-3-8(4-2)11-6-9-5-10-7-12-9/h5-8,12H,3-4H2,1-2H3. The molecule has 12 heavy (non-hydrogen) atoms. The Labute approximate surface area is 75.2 Å². The van der Waals surface area contributed by atoms with Gasteiger partial charge in [0, 0.05) is 29.7 Å². The topological polar surface area (TPSA) is 25.2 Å². The highest BCUT2D eigenvalue weighted by molar-refractivity contribution is 7.31. The van der Waals surface area contributed by atoms with E-state index in [-0.39, 0.29) is 0 Å². The molecule has 0 aromatic carbocycles. The van der Waals surface area contributed by atoms with Crippen molar-refractivity contribution < 1.29 is 0 Å². The molecule has 1 heterocycles. The van der Waals surface area contributed by atoms with E-state index in [0.29, 0.717) is 6.04 Å². The van der Waals surface area contributed by atoms with Gasteiger partial charge in [0.05, 0.1) is 0 Å². The van der Waals surface area contributed by atoms with Gasteiger partial charge < -0.3 is 0 Å². The van der Waals surface area contributed by atoms with Gasteiger partial charge in [0.2, 0.25) is 0 Å². The average Bonchev–Trinajstić information content (AvgIpc) is 2.59. The molecule has 0 amide bonds. The Morgan fingerprint density at radius 3 is 2.83 bits per heavy atom. The van der Waals surface area contributed by atoms with Crippen molar-refractivity contribution in [1.82, 2.24) is 4.98 Å². The van der Waals surface area contributed by atoms with Crippen LogP contribution in [-0.4, -0.2) is 17.2 Å². The fourth-order valence-electron chi connectivity index (χ4n) is 1.02. The Morgan fingerprint density at radius 1 is 1.58 bits per heavy atom. The van der Waals surface area contributed by atoms with Gasteiger partial charge in [-0.2, -0.15) is 0 Å². The van der Waals surface area contributed by atoms with Crippen LogP contribution in [0.2, 0.25) is 0 Å². The van der Waals surface area contributed by atoms with E-state index in [9.17, 15) is 0 Å². The van der Waals surface area contributed by atoms with Crippen LogP contribution in [0.15, 0.2) is 17.1 Å². The Bertz CT molecular complexity index is 225. The first-order valence-electron chi connectivity index (χ1n) is 4.38. The number of aromatic nitrogens is 1. The lowest BCUT2D eigenvalue weighted by molar-refractivity contribution is 0.634. The summed E-state index contributed by atoms with van der Waals surface area (Å²) in [4.78, 5) is 8.50. The van der Waals surface area contributed by atoms with E-state index < -0.39 is 0 Å². The van der Waals surface area contributed by atoms with Gasteiger partial charge in [-0.05, 0) is 12.8 Å². The maximum absolute atomic E-state index is 4.48. The molecule has 1 atom stereocenters. The minimum Gasteiger partial charge on any atom is -0.289 e. The highest BCUT2D eigenvalue weighted by Gasteiger charge is 1.97. The normalized spacial score (nSPS) is 12.2. The van der Waals surface area contributed by atoms with E-state index in [0.717, 1.165) is 21.0 Å². The summed E-state index contributed by atoms with van der Waals surface area (Å²) >= 11 is 0. The van der Waals surface area contributed by atoms with Crippen molar-refractivity contribution in [2.45, 2.75) is 32.7 Å². The van der Waals surface area contributed by atoms with Crippen molar-refractivity contribution in [2.75, 3.05) is 0 Å². The van der Waals surface area contributed by atoms with Gasteiger partial charge in [0.1, 0.15) is 0 Å². The van der Waals surface area contributed by atoms with Gasteiger partial charge in [-0.15, -0.1) is 8.19 Å². The predicted octanol–water partition coefficient (Wildman–Crippen LogP) is 2.72. The molecule has 0 saturated carbocycles. The van der Waals surface area contributed by atoms with Crippen molar-refractivity contribution in [1.29, 1.82) is 0 Å². The fraction of sp³-hybridized carbons (Fsp3) is 0.556. The molecule has 66 valence electrons. The van der Waals surface area contributed by atoms with Gasteiger partial charge in [-0.3, -0.25) is 9.98 Å². The minimum atomic E-state index is 0.497. The first-order chi connectivity index (χ1) is 5.86. The molecule has 2 nitrogen and oxygen atoms in total. The van der Waals surface area contributed by atoms with Crippen molar-refractivity contribution in [3.05, 3.63) is 17.4 Å². The van der Waals surface area contributed by atoms with Gasteiger partial charge in [-0.25, -0.2) is 0 Å². The van der Waals surface area contributed by atoms with Gasteiger partial charge in [0.15, 0.2) is 0 Å². The smallest absolute Gasteiger partial charge is 0.0494 e. The van der Waals surface area contributed by atoms with E-state index in [1.165, 1.54) is 5.30 Å². The number of hydrogen-bond donors (Lipinski definition) is 0. The summed E-state index contributed by atoms with van der Waals surface area (Å²) in [5.41, 5.74) is 0. The van der Waals surface area contributed by atoms with Crippen LogP contribution < -0.4 is 0 Å². The van der Waals surface area contributed by atoms with E-state index in [2.05, 4.69) is 23.8 Å². The molecule has 1 aromatic heterocycles. The lowest BCUT2D eigenvalue weighted by Gasteiger charge is -2.03. The van der Waals surface area contributed by atoms with Crippen LogP contribution in [0.4, 0.5) is 0 Å². The zero-order chi connectivity index (χ0) is 8.81. The maximum Gasteiger partial charge on any atom is 0.0494 e. The SMILES string of the molecule is CCC(CC)N=Cc1cnc[pH]1. The molecule has 1 rings (SSSR count). The predicted molar refractivity (Wildman–Crippen MR) is 55.7 cm³/mol. The Morgan fingerprint density at radius 2 is 2.33 bits per heavy atom. The summed E-state index contributed by atoms with van der Waals surface area (Å²) in [7, 11) is 0.722. The van der Waals surface area contributed by atoms with Crippen LogP contribution in [-0.2, 0) is 0 Å². The van der Waals surface area contributed by atoms with Crippen molar-refractivity contribution >= 4 is 14.4 Å². The lowest BCUT2D eigenvalue weighted by Crippen LogP contribution is -1.99. The van der Waals surface area contributed by atoms with E-state index in [1.54, 1.807) is 0 Å². The zero-order valence-electron chi connectivity index (χ0n) is 7.62. The number of nitrogens with zero attached hydrogens (tertiary/aromatic N) is 2. The molecule has 0 radical (unpaired) electrons. The van der Waals surface area contributed by atoms with E-state index >= 15 is 0 Å². The fourth-order valence-corrected chi connectivity index (χ4v) is 1.62. The summed E-state index contributed by atoms with van der Waals surface area (Å²) in [5.74, 6) is 1.94. The largest absolute Gasteiger partial charge is 0.289 e. The summed E-state index contributed by atoms with van der Waals surface area (Å²) in [5, 5.41) is 1.25. The maximum atomic E-state index is 4.48. The first-order valence-corrected chi connectivity index (χ1v) is 5.46. The molecular formula is C9H15N2P. The second-order valence-corrected chi connectivity index (χ2v) is 3.88. The molecule has 0 bridgehead atoms. The van der Waals surface area contributed by atoms with E-state index in [4.69, 9.17) is 0 Å².